The van der Waals surface area contributed by atoms with Crippen LogP contribution < -0.4 is 5.32 Å². The van der Waals surface area contributed by atoms with Crippen LogP contribution in [0.1, 0.15) is 48.6 Å². The Morgan fingerprint density at radius 3 is 2.50 bits per heavy atom. The molecule has 3 aromatic heterocycles. The van der Waals surface area contributed by atoms with Crippen molar-refractivity contribution in [3.8, 4) is 22.6 Å². The van der Waals surface area contributed by atoms with E-state index in [2.05, 4.69) is 59.5 Å². The molecule has 1 N–H and O–H groups in total. The maximum atomic E-state index is 4.99. The van der Waals surface area contributed by atoms with Crippen molar-refractivity contribution in [1.82, 2.24) is 19.9 Å². The Hall–Kier alpha value is -3.60. The average Bonchev–Trinajstić information content (AvgIpc) is 3.32. The molecule has 0 amide bonds. The summed E-state index contributed by atoms with van der Waals surface area (Å²) in [4.78, 5) is 18.8. The van der Waals surface area contributed by atoms with Crippen molar-refractivity contribution in [2.45, 2.75) is 45.6 Å². The maximum absolute atomic E-state index is 4.99. The van der Waals surface area contributed by atoms with Gasteiger partial charge in [-0.2, -0.15) is 0 Å². The van der Waals surface area contributed by atoms with E-state index in [1.807, 2.05) is 30.5 Å². The molecule has 5 heteroatoms. The molecule has 1 aliphatic carbocycles. The Morgan fingerprint density at radius 1 is 0.875 bits per heavy atom. The van der Waals surface area contributed by atoms with E-state index in [0.717, 1.165) is 41.9 Å². The Labute approximate surface area is 189 Å². The number of nitrogens with one attached hydrogen (secondary N) is 1. The maximum Gasteiger partial charge on any atom is 0.223 e. The van der Waals surface area contributed by atoms with Gasteiger partial charge in [0.05, 0.1) is 17.1 Å². The van der Waals surface area contributed by atoms with Crippen molar-refractivity contribution in [2.24, 2.45) is 0 Å². The van der Waals surface area contributed by atoms with Gasteiger partial charge in [-0.3, -0.25) is 9.97 Å². The van der Waals surface area contributed by atoms with E-state index in [9.17, 15) is 0 Å². The lowest BCUT2D eigenvalue weighted by Crippen LogP contribution is -2.08. The van der Waals surface area contributed by atoms with E-state index in [-0.39, 0.29) is 0 Å². The quantitative estimate of drug-likeness (QED) is 0.425. The summed E-state index contributed by atoms with van der Waals surface area (Å²) in [6.07, 6.45) is 6.88. The minimum atomic E-state index is 0.443. The molecule has 3 heterocycles. The molecule has 0 spiro atoms. The third kappa shape index (κ3) is 4.11. The zero-order chi connectivity index (χ0) is 21.9. The molecule has 0 atom stereocenters. The lowest BCUT2D eigenvalue weighted by molar-refractivity contribution is 0.866. The van der Waals surface area contributed by atoms with Crippen LogP contribution in [-0.4, -0.2) is 19.9 Å². The first-order valence-electron chi connectivity index (χ1n) is 11.3. The number of aryl methyl sites for hydroxylation is 1. The number of pyridine rings is 2. The van der Waals surface area contributed by atoms with Gasteiger partial charge in [0.1, 0.15) is 0 Å². The van der Waals surface area contributed by atoms with Crippen LogP contribution >= 0.6 is 0 Å². The van der Waals surface area contributed by atoms with Crippen LogP contribution in [0, 0.1) is 0 Å². The van der Waals surface area contributed by atoms with Gasteiger partial charge in [0.15, 0.2) is 0 Å². The molecule has 5 nitrogen and oxygen atoms in total. The van der Waals surface area contributed by atoms with Gasteiger partial charge in [-0.15, -0.1) is 0 Å². The molecule has 0 aliphatic heterocycles. The molecule has 0 fully saturated rings. The second-order valence-electron chi connectivity index (χ2n) is 8.54. The summed E-state index contributed by atoms with van der Waals surface area (Å²) in [5.74, 6) is 1.13. The van der Waals surface area contributed by atoms with Crippen LogP contribution in [0.2, 0.25) is 0 Å². The third-order valence-electron chi connectivity index (χ3n) is 5.97. The Kier molecular flexibility index (Phi) is 5.63. The fourth-order valence-corrected chi connectivity index (χ4v) is 4.33. The van der Waals surface area contributed by atoms with Crippen LogP contribution in [-0.2, 0) is 19.4 Å². The van der Waals surface area contributed by atoms with E-state index in [4.69, 9.17) is 9.97 Å². The monoisotopic (exact) mass is 421 g/mol. The number of rotatable bonds is 6. The molecule has 1 aromatic carbocycles. The zero-order valence-corrected chi connectivity index (χ0v) is 18.5. The number of benzene rings is 1. The summed E-state index contributed by atoms with van der Waals surface area (Å²) in [5.41, 5.74) is 8.97. The summed E-state index contributed by atoms with van der Waals surface area (Å²) >= 11 is 0. The van der Waals surface area contributed by atoms with E-state index >= 15 is 0 Å². The first-order chi connectivity index (χ1) is 15.7. The summed E-state index contributed by atoms with van der Waals surface area (Å²) in [5, 5.41) is 3.43. The molecule has 0 saturated carbocycles. The minimum absolute atomic E-state index is 0.443. The molecule has 0 radical (unpaired) electrons. The van der Waals surface area contributed by atoms with E-state index in [1.54, 1.807) is 6.20 Å². The van der Waals surface area contributed by atoms with Crippen molar-refractivity contribution >= 4 is 5.95 Å². The first kappa shape index (κ1) is 20.3. The number of fused-ring (bicyclic) bond motifs is 1. The predicted octanol–water partition coefficient (Wildman–Crippen LogP) is 5.82. The van der Waals surface area contributed by atoms with Gasteiger partial charge >= 0.3 is 0 Å². The van der Waals surface area contributed by atoms with Crippen LogP contribution in [0.25, 0.3) is 22.6 Å². The standard InChI is InChI=1S/C27H27N5/c1-18(2)20-8-3-4-9-21(20)26-22-10-7-12-23(22)31-27(32-26)30-17-19-13-14-25(29-16-19)24-11-5-6-15-28-24/h3-6,8-9,11,13-16,18H,7,10,12,17H2,1-2H3,(H,30,31,32). The molecule has 0 unspecified atom stereocenters. The average molecular weight is 422 g/mol. The van der Waals surface area contributed by atoms with Gasteiger partial charge in [0.2, 0.25) is 5.95 Å². The summed E-state index contributed by atoms with van der Waals surface area (Å²) in [6, 6.07) is 18.6. The van der Waals surface area contributed by atoms with Gasteiger partial charge in [-0.05, 0) is 54.5 Å². The number of nitrogens with zero attached hydrogens (tertiary/aromatic N) is 4. The van der Waals surface area contributed by atoms with Crippen LogP contribution in [0.15, 0.2) is 67.0 Å². The van der Waals surface area contributed by atoms with Crippen molar-refractivity contribution in [2.75, 3.05) is 5.32 Å². The van der Waals surface area contributed by atoms with Gasteiger partial charge < -0.3 is 5.32 Å². The van der Waals surface area contributed by atoms with Crippen LogP contribution in [0.3, 0.4) is 0 Å². The predicted molar refractivity (Wildman–Crippen MR) is 128 cm³/mol. The highest BCUT2D eigenvalue weighted by Crippen LogP contribution is 2.35. The molecular weight excluding hydrogens is 394 g/mol. The fraction of sp³-hybridized carbons (Fsp3) is 0.259. The van der Waals surface area contributed by atoms with Gasteiger partial charge in [-0.25, -0.2) is 9.97 Å². The largest absolute Gasteiger partial charge is 0.350 e. The Bertz CT molecular complexity index is 1220. The lowest BCUT2D eigenvalue weighted by Gasteiger charge is -2.16. The molecule has 32 heavy (non-hydrogen) atoms. The van der Waals surface area contributed by atoms with E-state index in [0.29, 0.717) is 18.4 Å². The Morgan fingerprint density at radius 2 is 1.72 bits per heavy atom. The topological polar surface area (TPSA) is 63.6 Å². The normalized spacial score (nSPS) is 12.7. The minimum Gasteiger partial charge on any atom is -0.350 e. The van der Waals surface area contributed by atoms with E-state index < -0.39 is 0 Å². The molecule has 0 saturated heterocycles. The number of hydrogen-bond acceptors (Lipinski definition) is 5. The highest BCUT2D eigenvalue weighted by molar-refractivity contribution is 5.70. The number of aromatic nitrogens is 4. The second-order valence-corrected chi connectivity index (χ2v) is 8.54. The molecule has 1 aliphatic rings. The van der Waals surface area contributed by atoms with Crippen LogP contribution in [0.5, 0.6) is 0 Å². The zero-order valence-electron chi connectivity index (χ0n) is 18.5. The summed E-state index contributed by atoms with van der Waals surface area (Å²) < 4.78 is 0. The summed E-state index contributed by atoms with van der Waals surface area (Å²) in [7, 11) is 0. The Balaban J connectivity index is 1.40. The molecule has 160 valence electrons. The first-order valence-corrected chi connectivity index (χ1v) is 11.3. The van der Waals surface area contributed by atoms with Crippen molar-refractivity contribution in [3.63, 3.8) is 0 Å². The van der Waals surface area contributed by atoms with Crippen LogP contribution in [0.4, 0.5) is 5.95 Å². The van der Waals surface area contributed by atoms with Gasteiger partial charge in [0.25, 0.3) is 0 Å². The molecule has 0 bridgehead atoms. The molecule has 5 rings (SSSR count). The SMILES string of the molecule is CC(C)c1ccccc1-c1nc(NCc2ccc(-c3ccccn3)nc2)nc2c1CCC2. The highest BCUT2D eigenvalue weighted by atomic mass is 15.1. The fourth-order valence-electron chi connectivity index (χ4n) is 4.33. The van der Waals surface area contributed by atoms with Crippen molar-refractivity contribution in [3.05, 3.63) is 89.4 Å². The third-order valence-corrected chi connectivity index (χ3v) is 5.97. The molecule has 4 aromatic rings. The number of hydrogen-bond donors (Lipinski definition) is 1. The van der Waals surface area contributed by atoms with Gasteiger partial charge in [-0.1, -0.05) is 50.2 Å². The highest BCUT2D eigenvalue weighted by Gasteiger charge is 2.22. The number of anilines is 1. The van der Waals surface area contributed by atoms with Crippen molar-refractivity contribution < 1.29 is 0 Å². The second kappa shape index (κ2) is 8.87. The smallest absolute Gasteiger partial charge is 0.223 e. The van der Waals surface area contributed by atoms with E-state index in [1.165, 1.54) is 22.4 Å². The lowest BCUT2D eigenvalue weighted by atomic mass is 9.93. The summed E-state index contributed by atoms with van der Waals surface area (Å²) in [6.45, 7) is 5.10. The van der Waals surface area contributed by atoms with Gasteiger partial charge in [0, 0.05) is 35.8 Å². The molecular formula is C27H27N5. The van der Waals surface area contributed by atoms with Crippen molar-refractivity contribution in [1.29, 1.82) is 0 Å².